The molecule has 0 radical (unpaired) electrons. The number of hydrogen-bond acceptors (Lipinski definition) is 10. The molecule has 8 rings (SSSR count). The highest BCUT2D eigenvalue weighted by atomic mass is 19.4. The van der Waals surface area contributed by atoms with Crippen LogP contribution in [0.1, 0.15) is 114 Å². The number of alkyl halides is 12. The Morgan fingerprint density at radius 1 is 0.563 bits per heavy atom. The lowest BCUT2D eigenvalue weighted by atomic mass is 9.79. The quantitative estimate of drug-likeness (QED) is 0.0574. The fourth-order valence-corrected chi connectivity index (χ4v) is 10.1. The summed E-state index contributed by atoms with van der Waals surface area (Å²) >= 11 is 0. The Morgan fingerprint density at radius 3 is 1.20 bits per heavy atom. The smallest absolute Gasteiger partial charge is 0.416 e. The van der Waals surface area contributed by atoms with Crippen molar-refractivity contribution in [3.8, 4) is 0 Å². The van der Waals surface area contributed by atoms with E-state index in [1.807, 2.05) is 6.07 Å². The molecule has 2 saturated heterocycles. The van der Waals surface area contributed by atoms with E-state index >= 15 is 0 Å². The van der Waals surface area contributed by atoms with Gasteiger partial charge in [-0.25, -0.2) is 9.59 Å². The van der Waals surface area contributed by atoms with Crippen molar-refractivity contribution in [2.45, 2.75) is 120 Å². The second-order valence-electron chi connectivity index (χ2n) is 20.8. The summed E-state index contributed by atoms with van der Waals surface area (Å²) < 4.78 is 185. The average molecular weight is 1240 g/mol. The summed E-state index contributed by atoms with van der Waals surface area (Å²) in [7, 11) is 0. The summed E-state index contributed by atoms with van der Waals surface area (Å²) in [5, 5.41) is 19.3. The Labute approximate surface area is 493 Å². The molecule has 0 aliphatic carbocycles. The fraction of sp³-hybridized carbons (Fsp3) is 0.387. The molecule has 87 heavy (non-hydrogen) atoms. The molecule has 2 aliphatic heterocycles. The van der Waals surface area contributed by atoms with Gasteiger partial charge < -0.3 is 29.8 Å². The minimum Gasteiger partial charge on any atom is -0.445 e. The van der Waals surface area contributed by atoms with Crippen LogP contribution < -0.4 is 5.73 Å². The topological polar surface area (TPSA) is 167 Å². The maximum Gasteiger partial charge on any atom is 0.416 e. The van der Waals surface area contributed by atoms with E-state index in [1.54, 1.807) is 122 Å². The van der Waals surface area contributed by atoms with Crippen molar-refractivity contribution in [1.29, 1.82) is 0 Å². The van der Waals surface area contributed by atoms with Gasteiger partial charge in [-0.2, -0.15) is 52.7 Å². The van der Waals surface area contributed by atoms with Crippen LogP contribution in [0.4, 0.5) is 62.3 Å². The van der Waals surface area contributed by atoms with Crippen LogP contribution in [-0.4, -0.2) is 77.0 Å². The van der Waals surface area contributed by atoms with Crippen molar-refractivity contribution >= 4 is 12.2 Å². The predicted octanol–water partition coefficient (Wildman–Crippen LogP) is 15.2. The van der Waals surface area contributed by atoms with Gasteiger partial charge in [0.15, 0.2) is 0 Å². The van der Waals surface area contributed by atoms with Gasteiger partial charge in [-0.1, -0.05) is 121 Å². The van der Waals surface area contributed by atoms with Gasteiger partial charge in [-0.15, -0.1) is 0 Å². The number of piperidine rings is 2. The molecule has 0 saturated carbocycles. The monoisotopic (exact) mass is 1240 g/mol. The minimum atomic E-state index is -5.04. The van der Waals surface area contributed by atoms with Gasteiger partial charge >= 0.3 is 36.9 Å². The second-order valence-corrected chi connectivity index (χ2v) is 20.8. The van der Waals surface area contributed by atoms with Crippen molar-refractivity contribution in [3.63, 3.8) is 0 Å². The molecular weight excluding hydrogens is 1170 g/mol. The molecule has 6 atom stereocenters. The third-order valence-corrected chi connectivity index (χ3v) is 14.7. The molecule has 25 heteroatoms. The highest BCUT2D eigenvalue weighted by Gasteiger charge is 2.51. The van der Waals surface area contributed by atoms with E-state index in [4.69, 9.17) is 29.8 Å². The Balaban J connectivity index is 0.000000266. The summed E-state index contributed by atoms with van der Waals surface area (Å²) in [4.78, 5) is 40.9. The number of aliphatic hydroxyl groups is 1. The lowest BCUT2D eigenvalue weighted by molar-refractivity contribution is -0.528. The van der Waals surface area contributed by atoms with Crippen molar-refractivity contribution in [2.24, 2.45) is 5.73 Å². The molecular formula is C62H64F12N4O9. The number of nitrogens with two attached hydrogens (primary N) is 1. The summed E-state index contributed by atoms with van der Waals surface area (Å²) in [5.41, 5.74) is -0.132. The number of benzene rings is 6. The van der Waals surface area contributed by atoms with E-state index < -0.39 is 93.4 Å². The van der Waals surface area contributed by atoms with Crippen LogP contribution in [-0.2, 0) is 67.9 Å². The highest BCUT2D eigenvalue weighted by molar-refractivity contribution is 5.70. The standard InChI is InChI=1S/C30H28F6N2O5.C30H30F6N2O3.C2H6O/c1-20(22-14-24(29(31,32)33)16-25(15-22)30(34,35)36)43-19-28(23-10-6-3-7-11-23)13-12-26(38(40)41)17-37(28)27(39)42-18-21-8-4-2-5-9-21;1-20(22-14-24(29(31,32)33)16-25(15-22)30(34,35)36)41-19-28(23-10-6-3-7-11-23)13-12-26(37)17-38(28)27(39)40-18-21-8-4-2-5-9-21;1-2-3/h2-11,14-16,20,26H,12-13,17-19H2,1H3;2-11,14-16,20,26H,12-13,17-19,37H2,1H3;3H,2H2,1H3/t2*20-,26?,28-;/m11./s1. The van der Waals surface area contributed by atoms with E-state index in [0.29, 0.717) is 53.8 Å². The van der Waals surface area contributed by atoms with Crippen molar-refractivity contribution in [3.05, 3.63) is 223 Å². The van der Waals surface area contributed by atoms with Gasteiger partial charge in [0.25, 0.3) is 0 Å². The first-order chi connectivity index (χ1) is 40.9. The van der Waals surface area contributed by atoms with Crippen LogP contribution in [0, 0.1) is 10.1 Å². The average Bonchev–Trinajstić information content (AvgIpc) is 0.852. The van der Waals surface area contributed by atoms with Crippen LogP contribution in [0.25, 0.3) is 0 Å². The van der Waals surface area contributed by atoms with Crippen LogP contribution in [0.15, 0.2) is 158 Å². The number of ether oxygens (including phenoxy) is 4. The third kappa shape index (κ3) is 18.2. The molecule has 6 aromatic rings. The first-order valence-corrected chi connectivity index (χ1v) is 27.3. The highest BCUT2D eigenvalue weighted by Crippen LogP contribution is 2.45. The van der Waals surface area contributed by atoms with Gasteiger partial charge in [-0.05, 0) is 110 Å². The van der Waals surface area contributed by atoms with Gasteiger partial charge in [-0.3, -0.25) is 19.9 Å². The zero-order chi connectivity index (χ0) is 64.0. The molecule has 0 aromatic heterocycles. The fourth-order valence-electron chi connectivity index (χ4n) is 10.1. The number of rotatable bonds is 15. The zero-order valence-corrected chi connectivity index (χ0v) is 47.3. The first kappa shape index (κ1) is 68.4. The van der Waals surface area contributed by atoms with Gasteiger partial charge in [0.2, 0.25) is 6.04 Å². The zero-order valence-electron chi connectivity index (χ0n) is 47.3. The third-order valence-electron chi connectivity index (χ3n) is 14.7. The molecule has 3 N–H and O–H groups in total. The van der Waals surface area contributed by atoms with E-state index in [2.05, 4.69) is 0 Å². The summed E-state index contributed by atoms with van der Waals surface area (Å²) in [6, 6.07) is 36.2. The maximum atomic E-state index is 13.5. The summed E-state index contributed by atoms with van der Waals surface area (Å²) in [5.74, 6) is 0. The second kappa shape index (κ2) is 29.3. The number of aliphatic hydroxyl groups excluding tert-OH is 1. The molecule has 2 amide bonds. The van der Waals surface area contributed by atoms with Gasteiger partial charge in [0.1, 0.15) is 13.2 Å². The largest absolute Gasteiger partial charge is 0.445 e. The van der Waals surface area contributed by atoms with E-state index in [1.165, 1.54) is 23.6 Å². The Kier molecular flexibility index (Phi) is 23.0. The minimum absolute atomic E-state index is 0.00199. The maximum absolute atomic E-state index is 13.5. The van der Waals surface area contributed by atoms with Crippen LogP contribution in [0.2, 0.25) is 0 Å². The van der Waals surface area contributed by atoms with Crippen molar-refractivity contribution in [1.82, 2.24) is 9.80 Å². The first-order valence-electron chi connectivity index (χ1n) is 27.3. The van der Waals surface area contributed by atoms with Crippen LogP contribution in [0.5, 0.6) is 0 Å². The lowest BCUT2D eigenvalue weighted by Gasteiger charge is -2.48. The number of nitro groups is 1. The molecule has 6 aromatic carbocycles. The molecule has 2 aliphatic rings. The van der Waals surface area contributed by atoms with Gasteiger partial charge in [0.05, 0.1) is 65.3 Å². The van der Waals surface area contributed by atoms with Crippen molar-refractivity contribution < 1.29 is 91.3 Å². The molecule has 2 heterocycles. The SMILES string of the molecule is CCO.C[C@@H](OC[C@@]1(c2ccccc2)CCC(N)CN1C(=O)OCc1ccccc1)c1cc(C(F)(F)F)cc(C(F)(F)F)c1.C[C@@H](OC[C@@]1(c2ccccc2)CCC([N+](=O)[O-])CN1C(=O)OCc1ccccc1)c1cc(C(F)(F)F)cc(C(F)(F)F)c1. The summed E-state index contributed by atoms with van der Waals surface area (Å²) in [6.45, 7) is 3.63. The van der Waals surface area contributed by atoms with Crippen LogP contribution in [0.3, 0.4) is 0 Å². The molecule has 2 fully saturated rings. The molecule has 13 nitrogen and oxygen atoms in total. The Bertz CT molecular complexity index is 3110. The Morgan fingerprint density at radius 2 is 0.874 bits per heavy atom. The summed E-state index contributed by atoms with van der Waals surface area (Å²) in [6.07, 6.45) is -23.2. The molecule has 0 bridgehead atoms. The molecule has 2 unspecified atom stereocenters. The van der Waals surface area contributed by atoms with E-state index in [9.17, 15) is 72.4 Å². The predicted molar refractivity (Wildman–Crippen MR) is 295 cm³/mol. The van der Waals surface area contributed by atoms with E-state index in [0.717, 1.165) is 5.56 Å². The number of carbonyl (C=O) groups excluding carboxylic acids is 2. The normalized spacial score (nSPS) is 19.7. The van der Waals surface area contributed by atoms with Crippen LogP contribution >= 0.6 is 0 Å². The number of hydrogen-bond donors (Lipinski definition) is 2. The number of amides is 2. The molecule has 470 valence electrons. The number of halogens is 12. The lowest BCUT2D eigenvalue weighted by Crippen LogP contribution is -2.60. The van der Waals surface area contributed by atoms with Gasteiger partial charge in [0, 0.05) is 30.5 Å². The van der Waals surface area contributed by atoms with E-state index in [-0.39, 0.29) is 88.3 Å². The number of nitrogens with zero attached hydrogens (tertiary/aromatic N) is 3. The number of carbonyl (C=O) groups is 2. The van der Waals surface area contributed by atoms with Crippen molar-refractivity contribution in [2.75, 3.05) is 32.9 Å². The Hall–Kier alpha value is -7.74. The number of likely N-dealkylation sites (tertiary alicyclic amines) is 2. The molecule has 0 spiro atoms.